The normalized spacial score (nSPS) is 11.3. The van der Waals surface area contributed by atoms with Gasteiger partial charge in [0.25, 0.3) is 17.5 Å². The van der Waals surface area contributed by atoms with Gasteiger partial charge in [0.05, 0.1) is 21.7 Å². The highest BCUT2D eigenvalue weighted by Crippen LogP contribution is 2.17. The van der Waals surface area contributed by atoms with E-state index < -0.39 is 16.7 Å². The molecule has 1 aromatic heterocycles. The first kappa shape index (κ1) is 21.9. The number of halogens is 1. The SMILES string of the molecule is O=C(NN=Cc1cccc([N+](=O)[O-])c1)/C(=C/c1cccs1)NC(=O)c1ccccc1Cl. The Kier molecular flexibility index (Phi) is 7.26. The molecule has 0 radical (unpaired) electrons. The van der Waals surface area contributed by atoms with Crippen LogP contribution in [0.15, 0.2) is 76.8 Å². The molecule has 1 heterocycles. The van der Waals surface area contributed by atoms with Crippen LogP contribution in [0.3, 0.4) is 0 Å². The molecule has 0 saturated heterocycles. The maximum absolute atomic E-state index is 12.6. The molecule has 0 aliphatic heterocycles. The third-order valence-electron chi connectivity index (χ3n) is 3.90. The second kappa shape index (κ2) is 10.3. The van der Waals surface area contributed by atoms with Crippen LogP contribution in [0.1, 0.15) is 20.8 Å². The number of amides is 2. The first-order valence-electron chi connectivity index (χ1n) is 8.83. The first-order chi connectivity index (χ1) is 14.9. The largest absolute Gasteiger partial charge is 0.317 e. The van der Waals surface area contributed by atoms with Gasteiger partial charge in [-0.25, -0.2) is 5.43 Å². The number of thiophene rings is 1. The number of nitro groups is 1. The van der Waals surface area contributed by atoms with Crippen LogP contribution in [0.4, 0.5) is 5.69 Å². The number of hydrogen-bond donors (Lipinski definition) is 2. The zero-order chi connectivity index (χ0) is 22.2. The van der Waals surface area contributed by atoms with Crippen LogP contribution >= 0.6 is 22.9 Å². The Morgan fingerprint density at radius 3 is 2.61 bits per heavy atom. The van der Waals surface area contributed by atoms with Crippen molar-refractivity contribution in [2.45, 2.75) is 0 Å². The van der Waals surface area contributed by atoms with Gasteiger partial charge < -0.3 is 5.32 Å². The third-order valence-corrected chi connectivity index (χ3v) is 5.05. The predicted molar refractivity (Wildman–Crippen MR) is 120 cm³/mol. The van der Waals surface area contributed by atoms with Gasteiger partial charge in [-0.05, 0) is 29.7 Å². The molecule has 0 aliphatic carbocycles. The zero-order valence-electron chi connectivity index (χ0n) is 15.8. The standard InChI is InChI=1S/C21H15ClN4O4S/c22-18-9-2-1-8-17(18)20(27)24-19(12-16-7-4-10-31-16)21(28)25-23-13-14-5-3-6-15(11-14)26(29)30/h1-13H,(H,24,27)(H,25,28)/b19-12-,23-13?. The van der Waals surface area contributed by atoms with E-state index in [1.54, 1.807) is 36.4 Å². The number of carbonyl (C=O) groups is 2. The van der Waals surface area contributed by atoms with Crippen molar-refractivity contribution >= 4 is 52.7 Å². The summed E-state index contributed by atoms with van der Waals surface area (Å²) in [5.74, 6) is -1.22. The van der Waals surface area contributed by atoms with Gasteiger partial charge in [-0.3, -0.25) is 19.7 Å². The number of hydrogen-bond acceptors (Lipinski definition) is 6. The van der Waals surface area contributed by atoms with Gasteiger partial charge in [-0.2, -0.15) is 5.10 Å². The third kappa shape index (κ3) is 6.08. The van der Waals surface area contributed by atoms with Gasteiger partial charge >= 0.3 is 0 Å². The number of rotatable bonds is 7. The van der Waals surface area contributed by atoms with Gasteiger partial charge in [0, 0.05) is 22.6 Å². The predicted octanol–water partition coefficient (Wildman–Crippen LogP) is 4.23. The van der Waals surface area contributed by atoms with Crippen molar-refractivity contribution in [3.05, 3.63) is 103 Å². The van der Waals surface area contributed by atoms with Gasteiger partial charge in [-0.1, -0.05) is 41.9 Å². The second-order valence-electron chi connectivity index (χ2n) is 6.06. The molecule has 0 atom stereocenters. The molecule has 0 unspecified atom stereocenters. The van der Waals surface area contributed by atoms with Crippen molar-refractivity contribution in [2.75, 3.05) is 0 Å². The molecular weight excluding hydrogens is 440 g/mol. The number of nitrogens with zero attached hydrogens (tertiary/aromatic N) is 2. The van der Waals surface area contributed by atoms with E-state index in [0.29, 0.717) is 5.56 Å². The quantitative estimate of drug-likeness (QED) is 0.240. The summed E-state index contributed by atoms with van der Waals surface area (Å²) in [5, 5.41) is 19.3. The fraction of sp³-hybridized carbons (Fsp3) is 0. The molecule has 2 N–H and O–H groups in total. The van der Waals surface area contributed by atoms with Crippen LogP contribution in [0, 0.1) is 10.1 Å². The number of hydrazone groups is 1. The van der Waals surface area contributed by atoms with Crippen LogP contribution in [0.5, 0.6) is 0 Å². The Labute approximate surface area is 186 Å². The van der Waals surface area contributed by atoms with Crippen LogP contribution in [0.2, 0.25) is 5.02 Å². The minimum atomic E-state index is -0.671. The number of nitrogens with one attached hydrogen (secondary N) is 2. The molecule has 3 aromatic rings. The summed E-state index contributed by atoms with van der Waals surface area (Å²) < 4.78 is 0. The highest BCUT2D eigenvalue weighted by Gasteiger charge is 2.16. The molecule has 10 heteroatoms. The molecule has 156 valence electrons. The Bertz CT molecular complexity index is 1180. The van der Waals surface area contributed by atoms with Gasteiger partial charge in [-0.15, -0.1) is 11.3 Å². The molecule has 0 fully saturated rings. The number of nitro benzene ring substituents is 1. The summed E-state index contributed by atoms with van der Waals surface area (Å²) >= 11 is 7.44. The van der Waals surface area contributed by atoms with Crippen molar-refractivity contribution < 1.29 is 14.5 Å². The number of benzene rings is 2. The highest BCUT2D eigenvalue weighted by atomic mass is 35.5. The van der Waals surface area contributed by atoms with E-state index in [1.807, 2.05) is 11.4 Å². The first-order valence-corrected chi connectivity index (χ1v) is 10.1. The summed E-state index contributed by atoms with van der Waals surface area (Å²) in [6.45, 7) is 0. The molecule has 2 aromatic carbocycles. The smallest absolute Gasteiger partial charge is 0.287 e. The maximum Gasteiger partial charge on any atom is 0.287 e. The van der Waals surface area contributed by atoms with Crippen molar-refractivity contribution in [3.8, 4) is 0 Å². The summed E-state index contributed by atoms with van der Waals surface area (Å²) in [4.78, 5) is 36.3. The minimum Gasteiger partial charge on any atom is -0.317 e. The van der Waals surface area contributed by atoms with E-state index in [2.05, 4.69) is 15.8 Å². The Morgan fingerprint density at radius 2 is 1.90 bits per heavy atom. The van der Waals surface area contributed by atoms with Crippen LogP contribution in [-0.4, -0.2) is 23.0 Å². The van der Waals surface area contributed by atoms with Crippen LogP contribution < -0.4 is 10.7 Å². The molecule has 3 rings (SSSR count). The van der Waals surface area contributed by atoms with Gasteiger partial charge in [0.15, 0.2) is 0 Å². The summed E-state index contributed by atoms with van der Waals surface area (Å²) in [6, 6.07) is 15.8. The highest BCUT2D eigenvalue weighted by molar-refractivity contribution is 7.10. The Hall–Kier alpha value is -3.82. The van der Waals surface area contributed by atoms with E-state index in [0.717, 1.165) is 4.88 Å². The molecule has 0 spiro atoms. The Morgan fingerprint density at radius 1 is 1.10 bits per heavy atom. The van der Waals surface area contributed by atoms with Gasteiger partial charge in [0.2, 0.25) is 0 Å². The second-order valence-corrected chi connectivity index (χ2v) is 7.45. The summed E-state index contributed by atoms with van der Waals surface area (Å²) in [5.41, 5.74) is 2.82. The average molecular weight is 455 g/mol. The average Bonchev–Trinajstić information content (AvgIpc) is 3.27. The molecule has 8 nitrogen and oxygen atoms in total. The van der Waals surface area contributed by atoms with E-state index >= 15 is 0 Å². The van der Waals surface area contributed by atoms with E-state index in [1.165, 1.54) is 41.8 Å². The van der Waals surface area contributed by atoms with Crippen molar-refractivity contribution in [1.82, 2.24) is 10.7 Å². The van der Waals surface area contributed by atoms with E-state index in [9.17, 15) is 19.7 Å². The maximum atomic E-state index is 12.6. The fourth-order valence-corrected chi connectivity index (χ4v) is 3.33. The molecule has 2 amide bonds. The van der Waals surface area contributed by atoms with Gasteiger partial charge in [0.1, 0.15) is 5.70 Å². The molecule has 0 aliphatic rings. The number of carbonyl (C=O) groups excluding carboxylic acids is 2. The fourth-order valence-electron chi connectivity index (χ4n) is 2.45. The van der Waals surface area contributed by atoms with Crippen LogP contribution in [-0.2, 0) is 4.79 Å². The molecular formula is C21H15ClN4O4S. The molecule has 0 bridgehead atoms. The van der Waals surface area contributed by atoms with E-state index in [-0.39, 0.29) is 22.0 Å². The Balaban J connectivity index is 1.77. The van der Waals surface area contributed by atoms with Crippen molar-refractivity contribution in [2.24, 2.45) is 5.10 Å². The summed E-state index contributed by atoms with van der Waals surface area (Å²) in [6.07, 6.45) is 2.78. The summed E-state index contributed by atoms with van der Waals surface area (Å²) in [7, 11) is 0. The topological polar surface area (TPSA) is 114 Å². The lowest BCUT2D eigenvalue weighted by Crippen LogP contribution is -2.32. The lowest BCUT2D eigenvalue weighted by Gasteiger charge is -2.09. The molecule has 31 heavy (non-hydrogen) atoms. The zero-order valence-corrected chi connectivity index (χ0v) is 17.4. The van der Waals surface area contributed by atoms with Crippen molar-refractivity contribution in [1.29, 1.82) is 0 Å². The van der Waals surface area contributed by atoms with Crippen molar-refractivity contribution in [3.63, 3.8) is 0 Å². The molecule has 0 saturated carbocycles. The lowest BCUT2D eigenvalue weighted by atomic mass is 10.2. The minimum absolute atomic E-state index is 0.0384. The van der Waals surface area contributed by atoms with Crippen LogP contribution in [0.25, 0.3) is 6.08 Å². The number of non-ortho nitro benzene ring substituents is 1. The monoisotopic (exact) mass is 454 g/mol. The van der Waals surface area contributed by atoms with E-state index in [4.69, 9.17) is 11.6 Å². The lowest BCUT2D eigenvalue weighted by molar-refractivity contribution is -0.384.